The topological polar surface area (TPSA) is 77.0 Å². The second-order valence-electron chi connectivity index (χ2n) is 6.37. The van der Waals surface area contributed by atoms with Crippen molar-refractivity contribution in [2.24, 2.45) is 5.10 Å². The Morgan fingerprint density at radius 1 is 0.967 bits per heavy atom. The van der Waals surface area contributed by atoms with Crippen molar-refractivity contribution in [1.29, 1.82) is 0 Å². The summed E-state index contributed by atoms with van der Waals surface area (Å²) in [6, 6.07) is 18.9. The average molecular weight is 467 g/mol. The van der Waals surface area contributed by atoms with Crippen LogP contribution in [0.4, 0.5) is 0 Å². The van der Waals surface area contributed by atoms with E-state index in [0.717, 1.165) is 10.0 Å². The van der Waals surface area contributed by atoms with Gasteiger partial charge in [-0.3, -0.25) is 4.79 Å². The minimum atomic E-state index is -0.515. The van der Waals surface area contributed by atoms with Gasteiger partial charge in [0.1, 0.15) is 11.5 Å². The maximum atomic E-state index is 12.5. The number of aryl methyl sites for hydroxylation is 1. The summed E-state index contributed by atoms with van der Waals surface area (Å²) in [5, 5.41) is 3.99. The van der Waals surface area contributed by atoms with E-state index in [2.05, 4.69) is 26.5 Å². The van der Waals surface area contributed by atoms with E-state index in [4.69, 9.17) is 9.47 Å². The largest absolute Gasteiger partial charge is 0.497 e. The maximum Gasteiger partial charge on any atom is 0.343 e. The van der Waals surface area contributed by atoms with Gasteiger partial charge >= 0.3 is 5.97 Å². The van der Waals surface area contributed by atoms with E-state index in [1.807, 2.05) is 19.1 Å². The van der Waals surface area contributed by atoms with Crippen molar-refractivity contribution in [2.75, 3.05) is 7.11 Å². The fourth-order valence-electron chi connectivity index (χ4n) is 2.53. The highest BCUT2D eigenvalue weighted by molar-refractivity contribution is 9.10. The first kappa shape index (κ1) is 21.3. The number of nitrogens with one attached hydrogen (secondary N) is 1. The summed E-state index contributed by atoms with van der Waals surface area (Å²) in [5.41, 5.74) is 4.94. The summed E-state index contributed by atoms with van der Waals surface area (Å²) < 4.78 is 11.4. The normalized spacial score (nSPS) is 10.6. The van der Waals surface area contributed by atoms with Crippen LogP contribution in [0.3, 0.4) is 0 Å². The zero-order chi connectivity index (χ0) is 21.5. The number of carbonyl (C=O) groups excluding carboxylic acids is 2. The summed E-state index contributed by atoms with van der Waals surface area (Å²) in [5.74, 6) is 0.107. The van der Waals surface area contributed by atoms with Gasteiger partial charge in [0.15, 0.2) is 0 Å². The molecule has 7 heteroatoms. The van der Waals surface area contributed by atoms with Crippen molar-refractivity contribution in [1.82, 2.24) is 5.43 Å². The van der Waals surface area contributed by atoms with Crippen LogP contribution in [0.1, 0.15) is 31.8 Å². The van der Waals surface area contributed by atoms with E-state index < -0.39 is 5.97 Å². The minimum absolute atomic E-state index is 0.312. The molecule has 0 fully saturated rings. The molecule has 0 saturated heterocycles. The van der Waals surface area contributed by atoms with Crippen LogP contribution in [0.15, 0.2) is 76.3 Å². The lowest BCUT2D eigenvalue weighted by molar-refractivity contribution is 0.0734. The molecule has 0 aliphatic heterocycles. The molecule has 6 nitrogen and oxygen atoms in total. The van der Waals surface area contributed by atoms with Gasteiger partial charge in [0, 0.05) is 15.6 Å². The number of methoxy groups -OCH3 is 1. The fourth-order valence-corrected chi connectivity index (χ4v) is 2.91. The molecule has 3 rings (SSSR count). The van der Waals surface area contributed by atoms with Gasteiger partial charge < -0.3 is 9.47 Å². The smallest absolute Gasteiger partial charge is 0.343 e. The third-order valence-corrected chi connectivity index (χ3v) is 4.68. The molecule has 1 N–H and O–H groups in total. The molecule has 0 heterocycles. The van der Waals surface area contributed by atoms with Crippen LogP contribution in [0, 0.1) is 6.92 Å². The Bertz CT molecular complexity index is 1080. The summed E-state index contributed by atoms with van der Waals surface area (Å²) in [6.07, 6.45) is 1.42. The molecule has 0 aliphatic rings. The Kier molecular flexibility index (Phi) is 6.98. The first-order valence-electron chi connectivity index (χ1n) is 9.02. The van der Waals surface area contributed by atoms with E-state index in [1.165, 1.54) is 6.21 Å². The number of amides is 1. The SMILES string of the molecule is COc1ccc(C(=O)Oc2ccc(Br)cc2/C=N\NC(=O)c2ccc(C)cc2)cc1. The van der Waals surface area contributed by atoms with Gasteiger partial charge in [0.2, 0.25) is 0 Å². The molecule has 0 bridgehead atoms. The maximum absolute atomic E-state index is 12.5. The quantitative estimate of drug-likeness (QED) is 0.246. The minimum Gasteiger partial charge on any atom is -0.497 e. The first-order chi connectivity index (χ1) is 14.5. The molecule has 0 unspecified atom stereocenters. The van der Waals surface area contributed by atoms with Gasteiger partial charge in [-0.2, -0.15) is 5.10 Å². The van der Waals surface area contributed by atoms with Crippen LogP contribution >= 0.6 is 15.9 Å². The molecule has 0 aromatic heterocycles. The predicted octanol–water partition coefficient (Wildman–Crippen LogP) is 4.75. The lowest BCUT2D eigenvalue weighted by atomic mass is 10.1. The Morgan fingerprint density at radius 3 is 2.30 bits per heavy atom. The van der Waals surface area contributed by atoms with E-state index in [-0.39, 0.29) is 5.91 Å². The second-order valence-corrected chi connectivity index (χ2v) is 7.28. The Morgan fingerprint density at radius 2 is 1.63 bits per heavy atom. The Labute approximate surface area is 182 Å². The third-order valence-electron chi connectivity index (χ3n) is 4.18. The van der Waals surface area contributed by atoms with E-state index in [0.29, 0.717) is 28.2 Å². The van der Waals surface area contributed by atoms with E-state index >= 15 is 0 Å². The molecule has 0 spiro atoms. The van der Waals surface area contributed by atoms with Crippen molar-refractivity contribution >= 4 is 34.0 Å². The number of hydrogen-bond donors (Lipinski definition) is 1. The summed E-state index contributed by atoms with van der Waals surface area (Å²) in [7, 11) is 1.55. The van der Waals surface area contributed by atoms with Crippen LogP contribution in [0.25, 0.3) is 0 Å². The van der Waals surface area contributed by atoms with Gasteiger partial charge in [-0.25, -0.2) is 10.2 Å². The number of esters is 1. The predicted molar refractivity (Wildman–Crippen MR) is 118 cm³/mol. The van der Waals surface area contributed by atoms with Gasteiger partial charge in [-0.05, 0) is 61.5 Å². The summed E-state index contributed by atoms with van der Waals surface area (Å²) in [4.78, 5) is 24.6. The summed E-state index contributed by atoms with van der Waals surface area (Å²) in [6.45, 7) is 1.95. The number of ether oxygens (including phenoxy) is 2. The molecule has 3 aromatic rings. The number of rotatable bonds is 6. The van der Waals surface area contributed by atoms with Crippen LogP contribution in [-0.2, 0) is 0 Å². The van der Waals surface area contributed by atoms with Crippen LogP contribution in [0.2, 0.25) is 0 Å². The molecule has 0 aliphatic carbocycles. The molecule has 30 heavy (non-hydrogen) atoms. The Balaban J connectivity index is 1.72. The van der Waals surface area contributed by atoms with Crippen LogP contribution in [0.5, 0.6) is 11.5 Å². The highest BCUT2D eigenvalue weighted by Gasteiger charge is 2.12. The average Bonchev–Trinajstić information content (AvgIpc) is 2.76. The van der Waals surface area contributed by atoms with Gasteiger partial charge in [-0.1, -0.05) is 33.6 Å². The monoisotopic (exact) mass is 466 g/mol. The van der Waals surface area contributed by atoms with E-state index in [9.17, 15) is 9.59 Å². The molecule has 152 valence electrons. The van der Waals surface area contributed by atoms with Crippen LogP contribution < -0.4 is 14.9 Å². The standard InChI is InChI=1S/C23H19BrN2O4/c1-15-3-5-16(6-4-15)22(27)26-25-14-18-13-19(24)9-12-21(18)30-23(28)17-7-10-20(29-2)11-8-17/h3-14H,1-2H3,(H,26,27)/b25-14-. The van der Waals surface area contributed by atoms with Crippen molar-refractivity contribution in [2.45, 2.75) is 6.92 Å². The van der Waals surface area contributed by atoms with Crippen molar-refractivity contribution < 1.29 is 19.1 Å². The van der Waals surface area contributed by atoms with Crippen LogP contribution in [-0.4, -0.2) is 25.2 Å². The zero-order valence-electron chi connectivity index (χ0n) is 16.4. The first-order valence-corrected chi connectivity index (χ1v) is 9.81. The van der Waals surface area contributed by atoms with Crippen molar-refractivity contribution in [3.05, 3.63) is 93.5 Å². The second kappa shape index (κ2) is 9.84. The number of hydrogen-bond acceptors (Lipinski definition) is 5. The van der Waals surface area contributed by atoms with Gasteiger partial charge in [-0.15, -0.1) is 0 Å². The number of hydrazone groups is 1. The molecular formula is C23H19BrN2O4. The summed E-state index contributed by atoms with van der Waals surface area (Å²) >= 11 is 3.38. The molecule has 0 saturated carbocycles. The zero-order valence-corrected chi connectivity index (χ0v) is 18.0. The lowest BCUT2D eigenvalue weighted by Gasteiger charge is -2.08. The highest BCUT2D eigenvalue weighted by Crippen LogP contribution is 2.23. The van der Waals surface area contributed by atoms with Crippen molar-refractivity contribution in [3.63, 3.8) is 0 Å². The molecule has 3 aromatic carbocycles. The number of carbonyl (C=O) groups is 2. The highest BCUT2D eigenvalue weighted by atomic mass is 79.9. The number of halogens is 1. The Hall–Kier alpha value is -3.45. The molecule has 1 amide bonds. The lowest BCUT2D eigenvalue weighted by Crippen LogP contribution is -2.17. The fraction of sp³-hybridized carbons (Fsp3) is 0.0870. The number of benzene rings is 3. The van der Waals surface area contributed by atoms with Gasteiger partial charge in [0.25, 0.3) is 5.91 Å². The molecule has 0 atom stereocenters. The number of nitrogens with zero attached hydrogens (tertiary/aromatic N) is 1. The van der Waals surface area contributed by atoms with E-state index in [1.54, 1.807) is 61.7 Å². The van der Waals surface area contributed by atoms with Gasteiger partial charge in [0.05, 0.1) is 18.9 Å². The molecule has 0 radical (unpaired) electrons. The molecular weight excluding hydrogens is 448 g/mol. The third kappa shape index (κ3) is 5.55. The van der Waals surface area contributed by atoms with Crippen molar-refractivity contribution in [3.8, 4) is 11.5 Å².